The summed E-state index contributed by atoms with van der Waals surface area (Å²) in [5.41, 5.74) is 3.99. The van der Waals surface area contributed by atoms with Crippen LogP contribution >= 0.6 is 0 Å². The molecule has 1 unspecified atom stereocenters. The molecular formula is C13H20N4O. The molecule has 0 spiro atoms. The highest BCUT2D eigenvalue weighted by Crippen LogP contribution is 2.18. The van der Waals surface area contributed by atoms with Crippen LogP contribution in [0.5, 0.6) is 0 Å². The normalized spacial score (nSPS) is 12.8. The quantitative estimate of drug-likeness (QED) is 0.581. The second kappa shape index (κ2) is 6.37. The molecule has 2 aromatic heterocycles. The molecular weight excluding hydrogens is 228 g/mol. The Morgan fingerprint density at radius 2 is 2.39 bits per heavy atom. The summed E-state index contributed by atoms with van der Waals surface area (Å²) in [6.07, 6.45) is 6.33. The molecule has 3 N–H and O–H groups in total. The van der Waals surface area contributed by atoms with Crippen LogP contribution in [-0.4, -0.2) is 9.78 Å². The molecule has 0 fully saturated rings. The predicted molar refractivity (Wildman–Crippen MR) is 69.6 cm³/mol. The molecule has 5 heteroatoms. The van der Waals surface area contributed by atoms with Crippen molar-refractivity contribution in [2.45, 2.75) is 38.8 Å². The SMILES string of the molecule is CCCn1nccc1C(CCc1ccco1)NN. The molecule has 0 aromatic carbocycles. The minimum absolute atomic E-state index is 0.101. The maximum atomic E-state index is 5.65. The van der Waals surface area contributed by atoms with E-state index in [4.69, 9.17) is 10.3 Å². The molecule has 5 nitrogen and oxygen atoms in total. The van der Waals surface area contributed by atoms with Crippen LogP contribution in [0.1, 0.15) is 37.3 Å². The molecule has 1 atom stereocenters. The Labute approximate surface area is 107 Å². The molecule has 0 saturated carbocycles. The van der Waals surface area contributed by atoms with E-state index in [-0.39, 0.29) is 6.04 Å². The van der Waals surface area contributed by atoms with Gasteiger partial charge in [0.2, 0.25) is 0 Å². The summed E-state index contributed by atoms with van der Waals surface area (Å²) in [5, 5.41) is 4.32. The molecule has 98 valence electrons. The van der Waals surface area contributed by atoms with E-state index < -0.39 is 0 Å². The van der Waals surface area contributed by atoms with Crippen LogP contribution in [0.3, 0.4) is 0 Å². The third-order valence-corrected chi connectivity index (χ3v) is 3.00. The summed E-state index contributed by atoms with van der Waals surface area (Å²) < 4.78 is 7.34. The summed E-state index contributed by atoms with van der Waals surface area (Å²) in [6.45, 7) is 3.06. The smallest absolute Gasteiger partial charge is 0.103 e. The highest BCUT2D eigenvalue weighted by Gasteiger charge is 2.15. The van der Waals surface area contributed by atoms with E-state index in [2.05, 4.69) is 17.4 Å². The summed E-state index contributed by atoms with van der Waals surface area (Å²) in [4.78, 5) is 0. The average Bonchev–Trinajstić information content (AvgIpc) is 3.02. The summed E-state index contributed by atoms with van der Waals surface area (Å²) in [5.74, 6) is 6.63. The number of nitrogens with zero attached hydrogens (tertiary/aromatic N) is 2. The van der Waals surface area contributed by atoms with Gasteiger partial charge in [0.15, 0.2) is 0 Å². The van der Waals surface area contributed by atoms with Crippen LogP contribution in [0, 0.1) is 0 Å². The Hall–Kier alpha value is -1.59. The number of furan rings is 1. The van der Waals surface area contributed by atoms with Gasteiger partial charge in [0.25, 0.3) is 0 Å². The van der Waals surface area contributed by atoms with Gasteiger partial charge in [-0.25, -0.2) is 0 Å². The van der Waals surface area contributed by atoms with Gasteiger partial charge >= 0.3 is 0 Å². The molecule has 2 heterocycles. The number of nitrogens with two attached hydrogens (primary N) is 1. The largest absolute Gasteiger partial charge is 0.469 e. The zero-order valence-electron chi connectivity index (χ0n) is 10.7. The number of hydrazine groups is 1. The molecule has 2 aromatic rings. The molecule has 0 saturated heterocycles. The van der Waals surface area contributed by atoms with Gasteiger partial charge < -0.3 is 4.42 Å². The van der Waals surface area contributed by atoms with Gasteiger partial charge in [-0.05, 0) is 31.0 Å². The van der Waals surface area contributed by atoms with Gasteiger partial charge in [0.05, 0.1) is 18.0 Å². The van der Waals surface area contributed by atoms with Gasteiger partial charge in [0.1, 0.15) is 5.76 Å². The predicted octanol–water partition coefficient (Wildman–Crippen LogP) is 2.02. The maximum Gasteiger partial charge on any atom is 0.103 e. The standard InChI is InChI=1S/C13H20N4O/c1-2-9-17-13(7-8-15-17)12(16-14)6-5-11-4-3-10-18-11/h3-4,7-8,10,12,16H,2,5-6,9,14H2,1H3. The topological polar surface area (TPSA) is 69.0 Å². The van der Waals surface area contributed by atoms with Crippen molar-refractivity contribution in [2.75, 3.05) is 0 Å². The van der Waals surface area contributed by atoms with Crippen molar-refractivity contribution in [1.82, 2.24) is 15.2 Å². The van der Waals surface area contributed by atoms with Gasteiger partial charge in [-0.1, -0.05) is 6.92 Å². The second-order valence-electron chi connectivity index (χ2n) is 4.32. The Bertz CT molecular complexity index is 449. The van der Waals surface area contributed by atoms with Crippen LogP contribution in [0.2, 0.25) is 0 Å². The van der Waals surface area contributed by atoms with E-state index in [9.17, 15) is 0 Å². The summed E-state index contributed by atoms with van der Waals surface area (Å²) >= 11 is 0. The molecule has 18 heavy (non-hydrogen) atoms. The van der Waals surface area contributed by atoms with Crippen molar-refractivity contribution in [3.05, 3.63) is 42.1 Å². The van der Waals surface area contributed by atoms with E-state index in [1.165, 1.54) is 0 Å². The lowest BCUT2D eigenvalue weighted by molar-refractivity contribution is 0.431. The first-order chi connectivity index (χ1) is 8.85. The van der Waals surface area contributed by atoms with E-state index in [0.29, 0.717) is 0 Å². The first-order valence-corrected chi connectivity index (χ1v) is 6.35. The highest BCUT2D eigenvalue weighted by atomic mass is 16.3. The minimum atomic E-state index is 0.101. The molecule has 2 rings (SSSR count). The maximum absolute atomic E-state index is 5.65. The van der Waals surface area contributed by atoms with E-state index >= 15 is 0 Å². The van der Waals surface area contributed by atoms with Gasteiger partial charge in [-0.3, -0.25) is 16.0 Å². The fourth-order valence-electron chi connectivity index (χ4n) is 2.10. The monoisotopic (exact) mass is 248 g/mol. The fourth-order valence-corrected chi connectivity index (χ4v) is 2.10. The zero-order valence-corrected chi connectivity index (χ0v) is 10.7. The van der Waals surface area contributed by atoms with Crippen molar-refractivity contribution in [3.8, 4) is 0 Å². The van der Waals surface area contributed by atoms with E-state index in [1.54, 1.807) is 6.26 Å². The van der Waals surface area contributed by atoms with Crippen molar-refractivity contribution in [2.24, 2.45) is 5.84 Å². The van der Waals surface area contributed by atoms with Crippen LogP contribution < -0.4 is 11.3 Å². The average molecular weight is 248 g/mol. The molecule has 0 aliphatic carbocycles. The Balaban J connectivity index is 2.01. The first-order valence-electron chi connectivity index (χ1n) is 6.35. The van der Waals surface area contributed by atoms with Gasteiger partial charge in [-0.2, -0.15) is 5.10 Å². The van der Waals surface area contributed by atoms with Crippen molar-refractivity contribution < 1.29 is 4.42 Å². The fraction of sp³-hybridized carbons (Fsp3) is 0.462. The van der Waals surface area contributed by atoms with E-state index in [0.717, 1.165) is 37.3 Å². The van der Waals surface area contributed by atoms with E-state index in [1.807, 2.05) is 29.1 Å². The molecule has 0 radical (unpaired) electrons. The van der Waals surface area contributed by atoms with Crippen LogP contribution in [-0.2, 0) is 13.0 Å². The third-order valence-electron chi connectivity index (χ3n) is 3.00. The number of hydrogen-bond donors (Lipinski definition) is 2. The Kier molecular flexibility index (Phi) is 4.55. The summed E-state index contributed by atoms with van der Waals surface area (Å²) in [6, 6.07) is 6.00. The third kappa shape index (κ3) is 3.00. The minimum Gasteiger partial charge on any atom is -0.469 e. The lowest BCUT2D eigenvalue weighted by Crippen LogP contribution is -2.30. The highest BCUT2D eigenvalue weighted by molar-refractivity contribution is 5.08. The number of hydrogen-bond acceptors (Lipinski definition) is 4. The number of nitrogens with one attached hydrogen (secondary N) is 1. The first kappa shape index (κ1) is 12.9. The lowest BCUT2D eigenvalue weighted by atomic mass is 10.1. The Morgan fingerprint density at radius 1 is 1.50 bits per heavy atom. The zero-order chi connectivity index (χ0) is 12.8. The number of rotatable bonds is 7. The molecule has 0 amide bonds. The molecule has 0 aliphatic heterocycles. The Morgan fingerprint density at radius 3 is 3.06 bits per heavy atom. The van der Waals surface area contributed by atoms with Crippen molar-refractivity contribution in [1.29, 1.82) is 0 Å². The molecule has 0 bridgehead atoms. The van der Waals surface area contributed by atoms with Gasteiger partial charge in [-0.15, -0.1) is 0 Å². The van der Waals surface area contributed by atoms with Crippen LogP contribution in [0.4, 0.5) is 0 Å². The lowest BCUT2D eigenvalue weighted by Gasteiger charge is -2.17. The van der Waals surface area contributed by atoms with Gasteiger partial charge in [0, 0.05) is 19.2 Å². The van der Waals surface area contributed by atoms with Crippen LogP contribution in [0.25, 0.3) is 0 Å². The number of aryl methyl sites for hydroxylation is 2. The van der Waals surface area contributed by atoms with Crippen molar-refractivity contribution >= 4 is 0 Å². The van der Waals surface area contributed by atoms with Crippen LogP contribution in [0.15, 0.2) is 35.1 Å². The molecule has 0 aliphatic rings. The summed E-state index contributed by atoms with van der Waals surface area (Å²) in [7, 11) is 0. The second-order valence-corrected chi connectivity index (χ2v) is 4.32. The van der Waals surface area contributed by atoms with Crippen molar-refractivity contribution in [3.63, 3.8) is 0 Å². The number of aromatic nitrogens is 2.